The Bertz CT molecular complexity index is 834. The molecule has 1 aliphatic rings. The molecular weight excluding hydrogens is 432 g/mol. The number of nitrogens with one attached hydrogen (secondary N) is 1. The minimum Gasteiger partial charge on any atom is -0.380 e. The molecule has 138 valence electrons. The first-order valence-electron chi connectivity index (χ1n) is 8.75. The van der Waals surface area contributed by atoms with E-state index >= 15 is 0 Å². The Labute approximate surface area is 171 Å². The summed E-state index contributed by atoms with van der Waals surface area (Å²) in [5.41, 5.74) is 8.71. The van der Waals surface area contributed by atoms with Crippen molar-refractivity contribution in [1.29, 1.82) is 0 Å². The average Bonchev–Trinajstić information content (AvgIpc) is 3.03. The second kappa shape index (κ2) is 9.65. The fraction of sp³-hybridized carbons (Fsp3) is 0.368. The van der Waals surface area contributed by atoms with Gasteiger partial charge in [0.05, 0.1) is 20.4 Å². The molecule has 3 heterocycles. The summed E-state index contributed by atoms with van der Waals surface area (Å²) in [6.45, 7) is 0.730. The summed E-state index contributed by atoms with van der Waals surface area (Å²) in [5, 5.41) is 5.90. The molecule has 0 amide bonds. The highest BCUT2D eigenvalue weighted by atomic mass is 79.9. The van der Waals surface area contributed by atoms with Crippen LogP contribution in [0.1, 0.15) is 37.7 Å². The normalized spacial score (nSPS) is 14.7. The zero-order valence-corrected chi connectivity index (χ0v) is 17.6. The van der Waals surface area contributed by atoms with Gasteiger partial charge in [0.2, 0.25) is 0 Å². The number of rotatable bonds is 3. The molecule has 1 saturated carbocycles. The Morgan fingerprint density at radius 3 is 2.62 bits per heavy atom. The van der Waals surface area contributed by atoms with Crippen LogP contribution in [0, 0.1) is 0 Å². The van der Waals surface area contributed by atoms with Crippen molar-refractivity contribution in [3.05, 3.63) is 51.2 Å². The van der Waals surface area contributed by atoms with Gasteiger partial charge in [-0.05, 0) is 46.5 Å². The van der Waals surface area contributed by atoms with Crippen molar-refractivity contribution in [2.75, 3.05) is 5.32 Å². The van der Waals surface area contributed by atoms with Crippen LogP contribution in [0.2, 0.25) is 5.15 Å². The molecule has 0 bridgehead atoms. The third kappa shape index (κ3) is 5.39. The quantitative estimate of drug-likeness (QED) is 0.478. The number of nitrogens with zero attached hydrogens (tertiary/aromatic N) is 2. The third-order valence-corrected chi connectivity index (χ3v) is 6.43. The van der Waals surface area contributed by atoms with Gasteiger partial charge in [0.1, 0.15) is 5.15 Å². The molecule has 3 aromatic rings. The standard InChI is InChI=1S/C13H9BrClN3S.C6H13N/c14-9-7-19-13-10(5-11(15)18-12(9)13)17-6-8-1-3-16-4-2-8;7-6-4-2-1-3-5-6/h1-5,7H,6H2,(H,17,18);6H,1-5,7H2. The van der Waals surface area contributed by atoms with Crippen molar-refractivity contribution in [3.8, 4) is 0 Å². The number of thiophene rings is 1. The Morgan fingerprint density at radius 1 is 1.23 bits per heavy atom. The van der Waals surface area contributed by atoms with E-state index in [0.29, 0.717) is 11.2 Å². The summed E-state index contributed by atoms with van der Waals surface area (Å²) in [6, 6.07) is 6.36. The van der Waals surface area contributed by atoms with Gasteiger partial charge in [-0.25, -0.2) is 4.98 Å². The number of aromatic nitrogens is 2. The molecule has 7 heteroatoms. The van der Waals surface area contributed by atoms with Crippen LogP contribution in [0.5, 0.6) is 0 Å². The molecule has 0 saturated heterocycles. The van der Waals surface area contributed by atoms with Crippen LogP contribution in [-0.4, -0.2) is 16.0 Å². The molecule has 4 rings (SSSR count). The monoisotopic (exact) mass is 452 g/mol. The molecule has 0 aliphatic heterocycles. The van der Waals surface area contributed by atoms with Gasteiger partial charge in [-0.15, -0.1) is 11.3 Å². The zero-order chi connectivity index (χ0) is 18.4. The van der Waals surface area contributed by atoms with Crippen molar-refractivity contribution in [2.24, 2.45) is 5.73 Å². The minimum atomic E-state index is 0.490. The smallest absolute Gasteiger partial charge is 0.131 e. The number of fused-ring (bicyclic) bond motifs is 1. The number of hydrogen-bond acceptors (Lipinski definition) is 5. The molecule has 3 aromatic heterocycles. The van der Waals surface area contributed by atoms with E-state index in [9.17, 15) is 0 Å². The molecule has 3 N–H and O–H groups in total. The van der Waals surface area contributed by atoms with Crippen LogP contribution in [-0.2, 0) is 6.54 Å². The summed E-state index contributed by atoms with van der Waals surface area (Å²) in [4.78, 5) is 8.33. The van der Waals surface area contributed by atoms with Crippen LogP contribution in [0.25, 0.3) is 10.2 Å². The maximum Gasteiger partial charge on any atom is 0.131 e. The highest BCUT2D eigenvalue weighted by Crippen LogP contribution is 2.35. The van der Waals surface area contributed by atoms with Gasteiger partial charge < -0.3 is 11.1 Å². The Kier molecular flexibility index (Phi) is 7.25. The Balaban J connectivity index is 0.000000236. The number of nitrogens with two attached hydrogens (primary N) is 1. The van der Waals surface area contributed by atoms with E-state index in [1.807, 2.05) is 23.6 Å². The maximum atomic E-state index is 6.06. The van der Waals surface area contributed by atoms with Gasteiger partial charge in [0.15, 0.2) is 0 Å². The van der Waals surface area contributed by atoms with Crippen LogP contribution in [0.15, 0.2) is 40.4 Å². The van der Waals surface area contributed by atoms with Crippen molar-refractivity contribution in [2.45, 2.75) is 44.7 Å². The van der Waals surface area contributed by atoms with Crippen LogP contribution in [0.3, 0.4) is 0 Å². The number of pyridine rings is 2. The maximum absolute atomic E-state index is 6.06. The van der Waals surface area contributed by atoms with Gasteiger partial charge in [-0.2, -0.15) is 0 Å². The lowest BCUT2D eigenvalue weighted by Crippen LogP contribution is -2.22. The van der Waals surface area contributed by atoms with Crippen molar-refractivity contribution in [3.63, 3.8) is 0 Å². The first kappa shape index (κ1) is 19.5. The van der Waals surface area contributed by atoms with E-state index < -0.39 is 0 Å². The Hall–Kier alpha value is -1.21. The van der Waals surface area contributed by atoms with E-state index in [0.717, 1.165) is 26.9 Å². The van der Waals surface area contributed by atoms with Crippen LogP contribution < -0.4 is 11.1 Å². The van der Waals surface area contributed by atoms with Gasteiger partial charge in [-0.3, -0.25) is 4.98 Å². The molecule has 0 radical (unpaired) electrons. The van der Waals surface area contributed by atoms with Crippen molar-refractivity contribution >= 4 is 54.8 Å². The topological polar surface area (TPSA) is 63.8 Å². The zero-order valence-electron chi connectivity index (χ0n) is 14.4. The molecule has 4 nitrogen and oxygen atoms in total. The summed E-state index contributed by atoms with van der Waals surface area (Å²) in [5.74, 6) is 0. The number of anilines is 1. The highest BCUT2D eigenvalue weighted by Gasteiger charge is 2.10. The van der Waals surface area contributed by atoms with Gasteiger partial charge in [0, 0.05) is 36.4 Å². The van der Waals surface area contributed by atoms with Gasteiger partial charge >= 0.3 is 0 Å². The molecule has 1 aliphatic carbocycles. The largest absolute Gasteiger partial charge is 0.380 e. The fourth-order valence-electron chi connectivity index (χ4n) is 2.91. The van der Waals surface area contributed by atoms with Gasteiger partial charge in [-0.1, -0.05) is 30.9 Å². The lowest BCUT2D eigenvalue weighted by atomic mass is 9.97. The third-order valence-electron chi connectivity index (χ3n) is 4.33. The summed E-state index contributed by atoms with van der Waals surface area (Å²) in [6.07, 6.45) is 10.2. The van der Waals surface area contributed by atoms with Crippen molar-refractivity contribution in [1.82, 2.24) is 9.97 Å². The molecule has 0 aromatic carbocycles. The SMILES string of the molecule is Clc1cc(NCc2ccncc2)c2scc(Br)c2n1.NC1CCCCC1. The van der Waals surface area contributed by atoms with E-state index in [1.54, 1.807) is 23.7 Å². The summed E-state index contributed by atoms with van der Waals surface area (Å²) < 4.78 is 2.08. The molecule has 1 fully saturated rings. The van der Waals surface area contributed by atoms with Gasteiger partial charge in [0.25, 0.3) is 0 Å². The predicted octanol–water partition coefficient (Wildman–Crippen LogP) is 6.00. The lowest BCUT2D eigenvalue weighted by molar-refractivity contribution is 0.441. The summed E-state index contributed by atoms with van der Waals surface area (Å²) >= 11 is 11.2. The van der Waals surface area contributed by atoms with E-state index in [-0.39, 0.29) is 0 Å². The molecule has 0 unspecified atom stereocenters. The first-order valence-corrected chi connectivity index (χ1v) is 10.8. The van der Waals surface area contributed by atoms with Crippen LogP contribution >= 0.6 is 38.9 Å². The minimum absolute atomic E-state index is 0.490. The average molecular weight is 454 g/mol. The molecule has 26 heavy (non-hydrogen) atoms. The van der Waals surface area contributed by atoms with Crippen LogP contribution in [0.4, 0.5) is 5.69 Å². The summed E-state index contributed by atoms with van der Waals surface area (Å²) in [7, 11) is 0. The highest BCUT2D eigenvalue weighted by molar-refractivity contribution is 9.10. The van der Waals surface area contributed by atoms with Crippen molar-refractivity contribution < 1.29 is 0 Å². The Morgan fingerprint density at radius 2 is 1.96 bits per heavy atom. The van der Waals surface area contributed by atoms with E-state index in [4.69, 9.17) is 17.3 Å². The molecular formula is C19H22BrClN4S. The first-order chi connectivity index (χ1) is 12.6. The van der Waals surface area contributed by atoms with E-state index in [1.165, 1.54) is 37.7 Å². The molecule has 0 atom stereocenters. The number of hydrogen-bond donors (Lipinski definition) is 2. The second-order valence-corrected chi connectivity index (χ2v) is 8.48. The lowest BCUT2D eigenvalue weighted by Gasteiger charge is -2.15. The fourth-order valence-corrected chi connectivity index (χ4v) is 4.66. The molecule has 0 spiro atoms. The van der Waals surface area contributed by atoms with E-state index in [2.05, 4.69) is 31.2 Å². The second-order valence-electron chi connectivity index (χ2n) is 6.36. The predicted molar refractivity (Wildman–Crippen MR) is 115 cm³/mol. The number of halogens is 2.